The van der Waals surface area contributed by atoms with Crippen molar-refractivity contribution in [1.29, 1.82) is 0 Å². The van der Waals surface area contributed by atoms with Crippen molar-refractivity contribution < 1.29 is 9.53 Å². The van der Waals surface area contributed by atoms with E-state index in [4.69, 9.17) is 4.74 Å². The first-order valence-corrected chi connectivity index (χ1v) is 9.83. The highest BCUT2D eigenvalue weighted by atomic mass is 16.5. The quantitative estimate of drug-likeness (QED) is 0.710. The van der Waals surface area contributed by atoms with Gasteiger partial charge in [-0.2, -0.15) is 0 Å². The number of aromatic nitrogens is 3. The minimum atomic E-state index is -0.179. The number of nitrogens with zero attached hydrogens (tertiary/aromatic N) is 4. The molecule has 1 amide bonds. The maximum absolute atomic E-state index is 12.1. The SMILES string of the molecule is C=CCOc1ccccc1CN1CCC[C@@H](n2cc(C(=O)NC(C)C)nn2)C1. The summed E-state index contributed by atoms with van der Waals surface area (Å²) in [5.74, 6) is 0.722. The third-order valence-corrected chi connectivity index (χ3v) is 4.74. The van der Waals surface area contributed by atoms with Crippen molar-refractivity contribution in [2.45, 2.75) is 45.3 Å². The summed E-state index contributed by atoms with van der Waals surface area (Å²) in [6.45, 7) is 10.8. The average Bonchev–Trinajstić information content (AvgIpc) is 3.17. The Morgan fingerprint density at radius 3 is 3.04 bits per heavy atom. The molecule has 1 aromatic carbocycles. The van der Waals surface area contributed by atoms with E-state index in [-0.39, 0.29) is 18.0 Å². The summed E-state index contributed by atoms with van der Waals surface area (Å²) >= 11 is 0. The molecule has 1 fully saturated rings. The number of ether oxygens (including phenoxy) is 1. The Bertz CT molecular complexity index is 802. The van der Waals surface area contributed by atoms with Crippen molar-refractivity contribution in [3.8, 4) is 5.75 Å². The van der Waals surface area contributed by atoms with Crippen LogP contribution in [-0.4, -0.2) is 51.5 Å². The highest BCUT2D eigenvalue weighted by Gasteiger charge is 2.24. The fraction of sp³-hybridized carbons (Fsp3) is 0.476. The van der Waals surface area contributed by atoms with Gasteiger partial charge in [0.1, 0.15) is 12.4 Å². The second-order valence-electron chi connectivity index (χ2n) is 7.45. The second-order valence-corrected chi connectivity index (χ2v) is 7.45. The summed E-state index contributed by atoms with van der Waals surface area (Å²) in [4.78, 5) is 14.5. The molecule has 0 aliphatic carbocycles. The first-order valence-electron chi connectivity index (χ1n) is 9.83. The van der Waals surface area contributed by atoms with Crippen LogP contribution in [0.15, 0.2) is 43.1 Å². The molecule has 0 saturated carbocycles. The fourth-order valence-corrected chi connectivity index (χ4v) is 3.45. The van der Waals surface area contributed by atoms with E-state index >= 15 is 0 Å². The lowest BCUT2D eigenvalue weighted by atomic mass is 10.0. The molecule has 1 saturated heterocycles. The smallest absolute Gasteiger partial charge is 0.273 e. The maximum atomic E-state index is 12.1. The van der Waals surface area contributed by atoms with E-state index in [1.165, 1.54) is 5.56 Å². The number of nitrogens with one attached hydrogen (secondary N) is 1. The summed E-state index contributed by atoms with van der Waals surface area (Å²) in [6.07, 6.45) is 5.62. The van der Waals surface area contributed by atoms with Crippen molar-refractivity contribution >= 4 is 5.91 Å². The average molecular weight is 383 g/mol. The predicted octanol–water partition coefficient (Wildman–Crippen LogP) is 2.82. The molecule has 28 heavy (non-hydrogen) atoms. The number of carbonyl (C=O) groups excluding carboxylic acids is 1. The molecule has 0 unspecified atom stereocenters. The maximum Gasteiger partial charge on any atom is 0.273 e. The lowest BCUT2D eigenvalue weighted by Gasteiger charge is -2.32. The van der Waals surface area contributed by atoms with Crippen LogP contribution in [-0.2, 0) is 6.54 Å². The number of amides is 1. The molecule has 7 heteroatoms. The number of hydrogen-bond donors (Lipinski definition) is 1. The molecule has 1 atom stereocenters. The monoisotopic (exact) mass is 383 g/mol. The van der Waals surface area contributed by atoms with Crippen LogP contribution in [0.5, 0.6) is 5.75 Å². The molecule has 2 heterocycles. The van der Waals surface area contributed by atoms with Crippen LogP contribution in [0.3, 0.4) is 0 Å². The number of benzene rings is 1. The molecule has 1 N–H and O–H groups in total. The number of piperidine rings is 1. The molecule has 3 rings (SSSR count). The Morgan fingerprint density at radius 1 is 1.43 bits per heavy atom. The Labute approximate surface area is 166 Å². The van der Waals surface area contributed by atoms with E-state index in [9.17, 15) is 4.79 Å². The first kappa shape index (κ1) is 20.1. The minimum absolute atomic E-state index is 0.0752. The zero-order chi connectivity index (χ0) is 19.9. The molecular weight excluding hydrogens is 354 g/mol. The van der Waals surface area contributed by atoms with E-state index in [0.717, 1.165) is 38.2 Å². The van der Waals surface area contributed by atoms with Gasteiger partial charge in [0, 0.05) is 24.7 Å². The minimum Gasteiger partial charge on any atom is -0.489 e. The lowest BCUT2D eigenvalue weighted by molar-refractivity contribution is 0.0938. The van der Waals surface area contributed by atoms with Crippen molar-refractivity contribution in [2.24, 2.45) is 0 Å². The molecule has 2 aromatic rings. The van der Waals surface area contributed by atoms with Gasteiger partial charge in [-0.15, -0.1) is 5.10 Å². The van der Waals surface area contributed by atoms with Crippen LogP contribution < -0.4 is 10.1 Å². The van der Waals surface area contributed by atoms with Crippen LogP contribution in [0.25, 0.3) is 0 Å². The van der Waals surface area contributed by atoms with Gasteiger partial charge in [0.15, 0.2) is 5.69 Å². The number of para-hydroxylation sites is 1. The number of rotatable bonds is 8. The summed E-state index contributed by atoms with van der Waals surface area (Å²) in [7, 11) is 0. The largest absolute Gasteiger partial charge is 0.489 e. The van der Waals surface area contributed by atoms with Gasteiger partial charge in [0.2, 0.25) is 0 Å². The van der Waals surface area contributed by atoms with Crippen molar-refractivity contribution in [1.82, 2.24) is 25.2 Å². The van der Waals surface area contributed by atoms with Crippen molar-refractivity contribution in [3.63, 3.8) is 0 Å². The Hall–Kier alpha value is -2.67. The van der Waals surface area contributed by atoms with Gasteiger partial charge in [0.25, 0.3) is 5.91 Å². The van der Waals surface area contributed by atoms with Gasteiger partial charge in [-0.1, -0.05) is 36.1 Å². The number of hydrogen-bond acceptors (Lipinski definition) is 5. The van der Waals surface area contributed by atoms with E-state index in [1.807, 2.05) is 36.7 Å². The highest BCUT2D eigenvalue weighted by Crippen LogP contribution is 2.25. The fourth-order valence-electron chi connectivity index (χ4n) is 3.45. The molecule has 150 valence electrons. The molecule has 0 spiro atoms. The third kappa shape index (κ3) is 5.19. The van der Waals surface area contributed by atoms with E-state index in [2.05, 4.69) is 33.2 Å². The molecule has 1 aliphatic rings. The van der Waals surface area contributed by atoms with E-state index in [1.54, 1.807) is 12.3 Å². The molecule has 7 nitrogen and oxygen atoms in total. The van der Waals surface area contributed by atoms with Crippen LogP contribution in [0.1, 0.15) is 48.8 Å². The number of carbonyl (C=O) groups is 1. The van der Waals surface area contributed by atoms with Gasteiger partial charge in [-0.3, -0.25) is 9.69 Å². The van der Waals surface area contributed by atoms with Crippen LogP contribution in [0.4, 0.5) is 0 Å². The summed E-state index contributed by atoms with van der Waals surface area (Å²) in [6, 6.07) is 8.41. The highest BCUT2D eigenvalue weighted by molar-refractivity contribution is 5.91. The molecule has 0 bridgehead atoms. The predicted molar refractivity (Wildman–Crippen MR) is 108 cm³/mol. The van der Waals surface area contributed by atoms with E-state index < -0.39 is 0 Å². The topological polar surface area (TPSA) is 72.3 Å². The van der Waals surface area contributed by atoms with Crippen molar-refractivity contribution in [3.05, 3.63) is 54.4 Å². The Morgan fingerprint density at radius 2 is 2.25 bits per heavy atom. The third-order valence-electron chi connectivity index (χ3n) is 4.74. The standard InChI is InChI=1S/C21H29N5O2/c1-4-12-28-20-10-6-5-8-17(20)13-25-11-7-9-18(14-25)26-15-19(23-24-26)21(27)22-16(2)3/h4-6,8,10,15-16,18H,1,7,9,11-14H2,2-3H3,(H,22,27)/t18-/m1/s1. The van der Waals surface area contributed by atoms with Crippen LogP contribution in [0.2, 0.25) is 0 Å². The molecular formula is C21H29N5O2. The number of likely N-dealkylation sites (tertiary alicyclic amines) is 1. The van der Waals surface area contributed by atoms with Gasteiger partial charge < -0.3 is 10.1 Å². The zero-order valence-corrected chi connectivity index (χ0v) is 16.7. The molecule has 0 radical (unpaired) electrons. The van der Waals surface area contributed by atoms with Crippen molar-refractivity contribution in [2.75, 3.05) is 19.7 Å². The molecule has 1 aliphatic heterocycles. The summed E-state index contributed by atoms with van der Waals surface area (Å²) < 4.78 is 7.62. The second kappa shape index (κ2) is 9.50. The Balaban J connectivity index is 1.64. The first-order chi connectivity index (χ1) is 13.6. The van der Waals surface area contributed by atoms with E-state index in [0.29, 0.717) is 12.3 Å². The zero-order valence-electron chi connectivity index (χ0n) is 16.7. The summed E-state index contributed by atoms with van der Waals surface area (Å²) in [5.41, 5.74) is 1.54. The molecule has 1 aromatic heterocycles. The van der Waals surface area contributed by atoms with Gasteiger partial charge >= 0.3 is 0 Å². The Kier molecular flexibility index (Phi) is 6.81. The van der Waals surface area contributed by atoms with Crippen LogP contribution in [0, 0.1) is 0 Å². The lowest BCUT2D eigenvalue weighted by Crippen LogP contribution is -2.36. The van der Waals surface area contributed by atoms with Gasteiger partial charge in [-0.25, -0.2) is 4.68 Å². The van der Waals surface area contributed by atoms with Crippen LogP contribution >= 0.6 is 0 Å². The van der Waals surface area contributed by atoms with Gasteiger partial charge in [-0.05, 0) is 39.3 Å². The normalized spacial score (nSPS) is 17.5. The summed E-state index contributed by atoms with van der Waals surface area (Å²) in [5, 5.41) is 11.1. The van der Waals surface area contributed by atoms with Gasteiger partial charge in [0.05, 0.1) is 12.2 Å².